The maximum Gasteiger partial charge on any atom is 0.261 e. The second-order valence-electron chi connectivity index (χ2n) is 6.85. The van der Waals surface area contributed by atoms with Crippen LogP contribution < -0.4 is 10.9 Å². The monoisotopic (exact) mass is 459 g/mol. The van der Waals surface area contributed by atoms with Gasteiger partial charge in [0.1, 0.15) is 0 Å². The molecule has 8 heteroatoms. The molecule has 0 saturated carbocycles. The number of rotatable bonds is 9. The van der Waals surface area contributed by atoms with Gasteiger partial charge in [0, 0.05) is 42.8 Å². The third-order valence-electron chi connectivity index (χ3n) is 4.76. The summed E-state index contributed by atoms with van der Waals surface area (Å²) in [4.78, 5) is 49.4. The predicted octanol–water partition coefficient (Wildman–Crippen LogP) is 2.58. The van der Waals surface area contributed by atoms with Gasteiger partial charge in [0.15, 0.2) is 0 Å². The summed E-state index contributed by atoms with van der Waals surface area (Å²) in [7, 11) is 0. The highest BCUT2D eigenvalue weighted by Crippen LogP contribution is 2.22. The fourth-order valence-electron chi connectivity index (χ4n) is 3.24. The van der Waals surface area contributed by atoms with Gasteiger partial charge in [-0.2, -0.15) is 0 Å². The number of carbonyl (C=O) groups is 3. The number of carbonyl (C=O) groups excluding carboxylic acids is 3. The van der Waals surface area contributed by atoms with Crippen molar-refractivity contribution in [2.45, 2.75) is 32.2 Å². The topological polar surface area (TPSA) is 88.5 Å². The molecule has 0 bridgehead atoms. The zero-order valence-electron chi connectivity index (χ0n) is 15.9. The molecule has 152 valence electrons. The van der Waals surface area contributed by atoms with Crippen molar-refractivity contribution in [3.63, 3.8) is 0 Å². The molecular formula is C21H22BrN3O4. The Morgan fingerprint density at radius 1 is 0.897 bits per heavy atom. The molecule has 1 aliphatic rings. The Kier molecular flexibility index (Phi) is 6.98. The molecule has 2 heterocycles. The fraction of sp³-hybridized carbons (Fsp3) is 0.333. The Bertz CT molecular complexity index is 951. The highest BCUT2D eigenvalue weighted by atomic mass is 79.9. The van der Waals surface area contributed by atoms with Gasteiger partial charge in [0.05, 0.1) is 11.1 Å². The zero-order chi connectivity index (χ0) is 20.8. The lowest BCUT2D eigenvalue weighted by molar-refractivity contribution is -0.121. The Labute approximate surface area is 176 Å². The summed E-state index contributed by atoms with van der Waals surface area (Å²) >= 11 is 3.34. The minimum absolute atomic E-state index is 0.0506. The van der Waals surface area contributed by atoms with Crippen LogP contribution in [0.15, 0.2) is 51.9 Å². The van der Waals surface area contributed by atoms with Crippen LogP contribution in [0.25, 0.3) is 0 Å². The molecule has 0 aliphatic carbocycles. The average Bonchev–Trinajstić information content (AvgIpc) is 2.95. The van der Waals surface area contributed by atoms with Crippen LogP contribution in [0.3, 0.4) is 0 Å². The summed E-state index contributed by atoms with van der Waals surface area (Å²) in [6.07, 6.45) is 3.94. The van der Waals surface area contributed by atoms with Gasteiger partial charge < -0.3 is 9.88 Å². The highest BCUT2D eigenvalue weighted by molar-refractivity contribution is 9.10. The van der Waals surface area contributed by atoms with Crippen LogP contribution in [0.4, 0.5) is 0 Å². The summed E-state index contributed by atoms with van der Waals surface area (Å²) in [5, 5.41) is 2.84. The standard InChI is InChI=1S/C21H22BrN3O4/c22-15-9-10-19(27)24(14-15)12-4-3-11-23-18(26)8-5-13-25-20(28)16-6-1-2-7-17(16)21(25)29/h1-2,6-7,9-10,14H,3-5,8,11-13H2,(H,23,26). The first-order valence-corrected chi connectivity index (χ1v) is 10.3. The van der Waals surface area contributed by atoms with Crippen molar-refractivity contribution in [1.82, 2.24) is 14.8 Å². The molecule has 7 nitrogen and oxygen atoms in total. The van der Waals surface area contributed by atoms with E-state index in [1.54, 1.807) is 41.1 Å². The number of aryl methyl sites for hydroxylation is 1. The summed E-state index contributed by atoms with van der Waals surface area (Å²) in [5.74, 6) is -0.705. The van der Waals surface area contributed by atoms with Crippen LogP contribution in [0.2, 0.25) is 0 Å². The van der Waals surface area contributed by atoms with Crippen molar-refractivity contribution in [2.75, 3.05) is 13.1 Å². The number of pyridine rings is 1. The number of amides is 3. The van der Waals surface area contributed by atoms with Crippen molar-refractivity contribution < 1.29 is 14.4 Å². The molecule has 1 aromatic carbocycles. The summed E-state index contributed by atoms with van der Waals surface area (Å²) in [6.45, 7) is 1.34. The molecule has 0 radical (unpaired) electrons. The van der Waals surface area contributed by atoms with Crippen molar-refractivity contribution in [3.8, 4) is 0 Å². The molecule has 1 aromatic heterocycles. The van der Waals surface area contributed by atoms with Gasteiger partial charge >= 0.3 is 0 Å². The van der Waals surface area contributed by atoms with Gasteiger partial charge in [0.25, 0.3) is 17.4 Å². The van der Waals surface area contributed by atoms with Crippen molar-refractivity contribution in [2.24, 2.45) is 0 Å². The zero-order valence-corrected chi connectivity index (χ0v) is 17.5. The van der Waals surface area contributed by atoms with Crippen molar-refractivity contribution in [3.05, 3.63) is 68.5 Å². The third kappa shape index (κ3) is 5.20. The van der Waals surface area contributed by atoms with Crippen molar-refractivity contribution >= 4 is 33.7 Å². The lowest BCUT2D eigenvalue weighted by Gasteiger charge is -2.13. The molecule has 29 heavy (non-hydrogen) atoms. The number of imide groups is 1. The molecule has 0 spiro atoms. The van der Waals surface area contributed by atoms with E-state index in [-0.39, 0.29) is 36.2 Å². The van der Waals surface area contributed by atoms with E-state index >= 15 is 0 Å². The minimum Gasteiger partial charge on any atom is -0.356 e. The maximum atomic E-state index is 12.3. The summed E-state index contributed by atoms with van der Waals surface area (Å²) in [6, 6.07) is 9.97. The molecule has 3 amide bonds. The Hall–Kier alpha value is -2.74. The van der Waals surface area contributed by atoms with Gasteiger partial charge in [-0.05, 0) is 53.4 Å². The van der Waals surface area contributed by atoms with Gasteiger partial charge in [-0.15, -0.1) is 0 Å². The van der Waals surface area contributed by atoms with Crippen LogP contribution in [0.5, 0.6) is 0 Å². The van der Waals surface area contributed by atoms with Crippen LogP contribution in [0.1, 0.15) is 46.4 Å². The lowest BCUT2D eigenvalue weighted by atomic mass is 10.1. The number of nitrogens with zero attached hydrogens (tertiary/aromatic N) is 2. The molecule has 0 atom stereocenters. The second-order valence-corrected chi connectivity index (χ2v) is 7.76. The van der Waals surface area contributed by atoms with Gasteiger partial charge in [-0.1, -0.05) is 12.1 Å². The number of fused-ring (bicyclic) bond motifs is 1. The lowest BCUT2D eigenvalue weighted by Crippen LogP contribution is -2.32. The number of aromatic nitrogens is 1. The predicted molar refractivity (Wildman–Crippen MR) is 112 cm³/mol. The first-order valence-electron chi connectivity index (χ1n) is 9.55. The van der Waals surface area contributed by atoms with Gasteiger partial charge in [-0.25, -0.2) is 0 Å². The normalized spacial score (nSPS) is 12.9. The summed E-state index contributed by atoms with van der Waals surface area (Å²) < 4.78 is 2.48. The van der Waals surface area contributed by atoms with Crippen LogP contribution in [-0.4, -0.2) is 40.3 Å². The molecule has 1 aliphatic heterocycles. The highest BCUT2D eigenvalue weighted by Gasteiger charge is 2.34. The Morgan fingerprint density at radius 2 is 1.59 bits per heavy atom. The van der Waals surface area contributed by atoms with Gasteiger partial charge in [0.2, 0.25) is 5.91 Å². The van der Waals surface area contributed by atoms with E-state index in [1.807, 2.05) is 0 Å². The van der Waals surface area contributed by atoms with E-state index in [2.05, 4.69) is 21.2 Å². The van der Waals surface area contributed by atoms with Crippen LogP contribution in [0, 0.1) is 0 Å². The van der Waals surface area contributed by atoms with E-state index in [0.717, 1.165) is 17.3 Å². The molecule has 1 N–H and O–H groups in total. The first-order chi connectivity index (χ1) is 14.0. The Balaban J connectivity index is 1.33. The van der Waals surface area contributed by atoms with E-state index < -0.39 is 0 Å². The second kappa shape index (κ2) is 9.65. The average molecular weight is 460 g/mol. The molecule has 0 saturated heterocycles. The molecule has 0 unspecified atom stereocenters. The SMILES string of the molecule is O=C(CCCN1C(=O)c2ccccc2C1=O)NCCCCn1cc(Br)ccc1=O. The van der Waals surface area contributed by atoms with Crippen molar-refractivity contribution in [1.29, 1.82) is 0 Å². The molecule has 2 aromatic rings. The maximum absolute atomic E-state index is 12.3. The minimum atomic E-state index is -0.297. The van der Waals surface area contributed by atoms with E-state index in [1.165, 1.54) is 11.0 Å². The Morgan fingerprint density at radius 3 is 2.28 bits per heavy atom. The quantitative estimate of drug-likeness (QED) is 0.460. The van der Waals surface area contributed by atoms with E-state index in [0.29, 0.717) is 30.6 Å². The smallest absolute Gasteiger partial charge is 0.261 e. The largest absolute Gasteiger partial charge is 0.356 e. The van der Waals surface area contributed by atoms with Crippen LogP contribution in [-0.2, 0) is 11.3 Å². The number of halogens is 1. The van der Waals surface area contributed by atoms with Crippen LogP contribution >= 0.6 is 15.9 Å². The van der Waals surface area contributed by atoms with E-state index in [9.17, 15) is 19.2 Å². The van der Waals surface area contributed by atoms with Gasteiger partial charge in [-0.3, -0.25) is 24.1 Å². The number of benzene rings is 1. The number of nitrogens with one attached hydrogen (secondary N) is 1. The molecule has 0 fully saturated rings. The fourth-order valence-corrected chi connectivity index (χ4v) is 3.62. The van der Waals surface area contributed by atoms with E-state index in [4.69, 9.17) is 0 Å². The molecular weight excluding hydrogens is 438 g/mol. The first kappa shape index (κ1) is 21.0. The third-order valence-corrected chi connectivity index (χ3v) is 5.23. The number of hydrogen-bond acceptors (Lipinski definition) is 4. The molecule has 3 rings (SSSR count). The number of unbranched alkanes of at least 4 members (excludes halogenated alkanes) is 1. The number of hydrogen-bond donors (Lipinski definition) is 1. The summed E-state index contributed by atoms with van der Waals surface area (Å²) in [5.41, 5.74) is 0.795.